The zero-order valence-corrected chi connectivity index (χ0v) is 13.5. The number of anilines is 1. The zero-order chi connectivity index (χ0) is 14.3. The van der Waals surface area contributed by atoms with E-state index in [1.54, 1.807) is 0 Å². The topological polar surface area (TPSA) is 43.8 Å². The lowest BCUT2D eigenvalue weighted by Gasteiger charge is -2.15. The molecule has 0 spiro atoms. The lowest BCUT2D eigenvalue weighted by Crippen LogP contribution is -2.05. The molecule has 20 heavy (non-hydrogen) atoms. The highest BCUT2D eigenvalue weighted by Crippen LogP contribution is 2.44. The van der Waals surface area contributed by atoms with E-state index in [0.717, 1.165) is 21.4 Å². The van der Waals surface area contributed by atoms with Crippen LogP contribution in [-0.2, 0) is 7.05 Å². The van der Waals surface area contributed by atoms with Gasteiger partial charge in [-0.3, -0.25) is 4.68 Å². The van der Waals surface area contributed by atoms with Crippen LogP contribution in [0, 0.1) is 5.92 Å². The summed E-state index contributed by atoms with van der Waals surface area (Å²) in [6, 6.07) is 8.32. The molecule has 0 bridgehead atoms. The molecule has 1 aromatic carbocycles. The van der Waals surface area contributed by atoms with Gasteiger partial charge in [0.2, 0.25) is 0 Å². The normalized spacial score (nSPS) is 22.4. The van der Waals surface area contributed by atoms with Gasteiger partial charge in [-0.2, -0.15) is 5.10 Å². The van der Waals surface area contributed by atoms with Crippen molar-refractivity contribution in [1.82, 2.24) is 9.78 Å². The van der Waals surface area contributed by atoms with E-state index in [9.17, 15) is 0 Å². The van der Waals surface area contributed by atoms with Gasteiger partial charge in [0.1, 0.15) is 5.82 Å². The molecule has 2 aromatic rings. The number of benzene rings is 1. The maximum absolute atomic E-state index is 6.28. The second kappa shape index (κ2) is 5.24. The minimum Gasteiger partial charge on any atom is -0.383 e. The Morgan fingerprint density at radius 3 is 2.80 bits per heavy atom. The van der Waals surface area contributed by atoms with Gasteiger partial charge in [-0.05, 0) is 30.0 Å². The number of hydrogen-bond donors (Lipinski definition) is 1. The van der Waals surface area contributed by atoms with Crippen molar-refractivity contribution in [1.29, 1.82) is 0 Å². The van der Waals surface area contributed by atoms with Crippen molar-refractivity contribution in [3.63, 3.8) is 0 Å². The van der Waals surface area contributed by atoms with Crippen LogP contribution in [0.25, 0.3) is 11.1 Å². The minimum absolute atomic E-state index is 0.535. The number of aromatic nitrogens is 2. The fourth-order valence-corrected chi connectivity index (χ4v) is 3.71. The highest BCUT2D eigenvalue weighted by molar-refractivity contribution is 9.10. The first-order chi connectivity index (χ1) is 9.58. The fraction of sp³-hybridized carbons (Fsp3) is 0.438. The Morgan fingerprint density at radius 2 is 2.15 bits per heavy atom. The van der Waals surface area contributed by atoms with E-state index >= 15 is 0 Å². The average Bonchev–Trinajstić information content (AvgIpc) is 2.94. The molecule has 1 fully saturated rings. The molecule has 1 saturated carbocycles. The van der Waals surface area contributed by atoms with E-state index < -0.39 is 0 Å². The third-order valence-corrected chi connectivity index (χ3v) is 4.94. The Balaban J connectivity index is 2.14. The molecular formula is C16H20BrN3. The Morgan fingerprint density at radius 1 is 1.35 bits per heavy atom. The van der Waals surface area contributed by atoms with Gasteiger partial charge in [0, 0.05) is 23.0 Å². The van der Waals surface area contributed by atoms with E-state index in [1.165, 1.54) is 25.0 Å². The predicted molar refractivity (Wildman–Crippen MR) is 86.5 cm³/mol. The first-order valence-corrected chi connectivity index (χ1v) is 7.95. The molecule has 0 saturated heterocycles. The summed E-state index contributed by atoms with van der Waals surface area (Å²) in [4.78, 5) is 0. The highest BCUT2D eigenvalue weighted by Gasteiger charge is 2.31. The van der Waals surface area contributed by atoms with Crippen LogP contribution in [0.4, 0.5) is 5.82 Å². The molecule has 1 aliphatic carbocycles. The van der Waals surface area contributed by atoms with Gasteiger partial charge in [0.25, 0.3) is 0 Å². The van der Waals surface area contributed by atoms with Gasteiger partial charge >= 0.3 is 0 Å². The molecule has 2 atom stereocenters. The minimum atomic E-state index is 0.535. The molecule has 0 radical (unpaired) electrons. The van der Waals surface area contributed by atoms with Gasteiger partial charge in [-0.25, -0.2) is 0 Å². The summed E-state index contributed by atoms with van der Waals surface area (Å²) in [7, 11) is 1.93. The number of hydrogen-bond acceptors (Lipinski definition) is 2. The van der Waals surface area contributed by atoms with Crippen LogP contribution in [0.5, 0.6) is 0 Å². The van der Waals surface area contributed by atoms with Crippen molar-refractivity contribution in [2.75, 3.05) is 5.73 Å². The third-order valence-electron chi connectivity index (χ3n) is 4.44. The average molecular weight is 334 g/mol. The number of nitrogens with two attached hydrogens (primary N) is 1. The summed E-state index contributed by atoms with van der Waals surface area (Å²) in [5.41, 5.74) is 9.73. The molecule has 3 nitrogen and oxygen atoms in total. The summed E-state index contributed by atoms with van der Waals surface area (Å²) in [5, 5.41) is 4.73. The van der Waals surface area contributed by atoms with Gasteiger partial charge in [-0.1, -0.05) is 47.8 Å². The second-order valence-corrected chi connectivity index (χ2v) is 6.71. The largest absolute Gasteiger partial charge is 0.383 e. The number of nitrogens with zero attached hydrogens (tertiary/aromatic N) is 2. The van der Waals surface area contributed by atoms with Crippen LogP contribution in [0.15, 0.2) is 28.7 Å². The van der Waals surface area contributed by atoms with E-state index in [2.05, 4.69) is 35.0 Å². The van der Waals surface area contributed by atoms with E-state index in [-0.39, 0.29) is 0 Å². The second-order valence-electron chi connectivity index (χ2n) is 5.79. The maximum atomic E-state index is 6.28. The van der Waals surface area contributed by atoms with Crippen LogP contribution in [0.2, 0.25) is 0 Å². The van der Waals surface area contributed by atoms with Crippen LogP contribution in [0.3, 0.4) is 0 Å². The number of halogens is 1. The van der Waals surface area contributed by atoms with Crippen molar-refractivity contribution in [2.45, 2.75) is 32.1 Å². The van der Waals surface area contributed by atoms with Crippen LogP contribution >= 0.6 is 15.9 Å². The Hall–Kier alpha value is -1.29. The molecule has 1 heterocycles. The van der Waals surface area contributed by atoms with E-state index in [0.29, 0.717) is 11.8 Å². The molecule has 2 unspecified atom stereocenters. The zero-order valence-electron chi connectivity index (χ0n) is 11.9. The summed E-state index contributed by atoms with van der Waals surface area (Å²) >= 11 is 3.54. The maximum Gasteiger partial charge on any atom is 0.129 e. The molecule has 0 aliphatic heterocycles. The standard InChI is InChI=1S/C16H20BrN3/c1-10-5-3-8-13(10)15-14(16(18)20(2)19-15)11-6-4-7-12(17)9-11/h4,6-7,9-10,13H,3,5,8,18H2,1-2H3. The SMILES string of the molecule is CC1CCCC1c1nn(C)c(N)c1-c1cccc(Br)c1. The van der Waals surface area contributed by atoms with Crippen molar-refractivity contribution in [3.8, 4) is 11.1 Å². The third kappa shape index (κ3) is 2.26. The van der Waals surface area contributed by atoms with E-state index in [4.69, 9.17) is 10.8 Å². The smallest absolute Gasteiger partial charge is 0.129 e. The fourth-order valence-electron chi connectivity index (χ4n) is 3.31. The Labute approximate surface area is 128 Å². The molecular weight excluding hydrogens is 314 g/mol. The predicted octanol–water partition coefficient (Wildman–Crippen LogP) is 4.34. The Kier molecular flexibility index (Phi) is 3.59. The summed E-state index contributed by atoms with van der Waals surface area (Å²) in [6.45, 7) is 2.33. The summed E-state index contributed by atoms with van der Waals surface area (Å²) in [6.07, 6.45) is 3.80. The van der Waals surface area contributed by atoms with Crippen molar-refractivity contribution >= 4 is 21.7 Å². The molecule has 1 aromatic heterocycles. The molecule has 2 N–H and O–H groups in total. The van der Waals surface area contributed by atoms with Gasteiger partial charge in [0.15, 0.2) is 0 Å². The van der Waals surface area contributed by atoms with E-state index in [1.807, 2.05) is 23.9 Å². The van der Waals surface area contributed by atoms with Gasteiger partial charge < -0.3 is 5.73 Å². The monoisotopic (exact) mass is 333 g/mol. The first kappa shape index (κ1) is 13.7. The van der Waals surface area contributed by atoms with Gasteiger partial charge in [0.05, 0.1) is 5.69 Å². The lowest BCUT2D eigenvalue weighted by molar-refractivity contribution is 0.516. The highest BCUT2D eigenvalue weighted by atomic mass is 79.9. The number of aryl methyl sites for hydroxylation is 1. The lowest BCUT2D eigenvalue weighted by atomic mass is 9.90. The quantitative estimate of drug-likeness (QED) is 0.888. The van der Waals surface area contributed by atoms with Crippen LogP contribution in [-0.4, -0.2) is 9.78 Å². The van der Waals surface area contributed by atoms with Crippen molar-refractivity contribution < 1.29 is 0 Å². The molecule has 4 heteroatoms. The molecule has 3 rings (SSSR count). The van der Waals surface area contributed by atoms with Gasteiger partial charge in [-0.15, -0.1) is 0 Å². The molecule has 1 aliphatic rings. The number of rotatable bonds is 2. The van der Waals surface area contributed by atoms with Crippen LogP contribution < -0.4 is 5.73 Å². The first-order valence-electron chi connectivity index (χ1n) is 7.16. The molecule has 0 amide bonds. The number of nitrogen functional groups attached to an aromatic ring is 1. The van der Waals surface area contributed by atoms with Crippen molar-refractivity contribution in [2.24, 2.45) is 13.0 Å². The summed E-state index contributed by atoms with van der Waals surface area (Å²) < 4.78 is 2.89. The Bertz CT molecular complexity index is 633. The van der Waals surface area contributed by atoms with Crippen molar-refractivity contribution in [3.05, 3.63) is 34.4 Å². The summed E-state index contributed by atoms with van der Waals surface area (Å²) in [5.74, 6) is 1.99. The van der Waals surface area contributed by atoms with Crippen LogP contribution in [0.1, 0.15) is 37.8 Å². The molecule has 106 valence electrons.